The summed E-state index contributed by atoms with van der Waals surface area (Å²) in [4.78, 5) is 33.1. The van der Waals surface area contributed by atoms with E-state index in [4.69, 9.17) is 5.11 Å². The second kappa shape index (κ2) is 4.57. The van der Waals surface area contributed by atoms with E-state index in [-0.39, 0.29) is 17.3 Å². The van der Waals surface area contributed by atoms with Crippen LogP contribution in [-0.2, 0) is 4.74 Å². The van der Waals surface area contributed by atoms with Gasteiger partial charge in [-0.3, -0.25) is 4.98 Å². The Balaban J connectivity index is 2.37. The zero-order chi connectivity index (χ0) is 13.1. The van der Waals surface area contributed by atoms with Crippen molar-refractivity contribution >= 4 is 11.9 Å². The van der Waals surface area contributed by atoms with Crippen molar-refractivity contribution in [2.75, 3.05) is 7.11 Å². The molecule has 2 rings (SSSR count). The maximum atomic E-state index is 11.1. The number of hydrogen-bond donors (Lipinski definition) is 1. The molecule has 0 fully saturated rings. The van der Waals surface area contributed by atoms with Gasteiger partial charge in [0.05, 0.1) is 19.5 Å². The van der Waals surface area contributed by atoms with E-state index in [9.17, 15) is 9.59 Å². The van der Waals surface area contributed by atoms with Gasteiger partial charge >= 0.3 is 11.9 Å². The fourth-order valence-electron chi connectivity index (χ4n) is 1.13. The summed E-state index contributed by atoms with van der Waals surface area (Å²) in [5, 5.41) is 12.6. The van der Waals surface area contributed by atoms with Crippen LogP contribution in [0.4, 0.5) is 0 Å². The second-order valence-electron chi connectivity index (χ2n) is 3.07. The molecule has 18 heavy (non-hydrogen) atoms. The highest BCUT2D eigenvalue weighted by atomic mass is 16.5. The van der Waals surface area contributed by atoms with E-state index in [0.717, 1.165) is 10.9 Å². The number of esters is 1. The summed E-state index contributed by atoms with van der Waals surface area (Å²) >= 11 is 0. The Morgan fingerprint density at radius 2 is 2.17 bits per heavy atom. The molecule has 1 N–H and O–H groups in total. The quantitative estimate of drug-likeness (QED) is 0.725. The predicted octanol–water partition coefficient (Wildman–Crippen LogP) is -0.458. The Morgan fingerprint density at radius 3 is 2.83 bits per heavy atom. The fourth-order valence-corrected chi connectivity index (χ4v) is 1.13. The SMILES string of the molecule is COC(=O)c1ncn(-c2cncc(C(=O)O)n2)n1. The lowest BCUT2D eigenvalue weighted by atomic mass is 10.4. The first-order valence-electron chi connectivity index (χ1n) is 4.67. The lowest BCUT2D eigenvalue weighted by Crippen LogP contribution is -2.08. The molecule has 0 radical (unpaired) electrons. The van der Waals surface area contributed by atoms with Crippen LogP contribution in [-0.4, -0.2) is 48.9 Å². The van der Waals surface area contributed by atoms with Crippen molar-refractivity contribution < 1.29 is 19.4 Å². The topological polar surface area (TPSA) is 120 Å². The summed E-state index contributed by atoms with van der Waals surface area (Å²) in [5.74, 6) is -1.92. The molecule has 2 aromatic rings. The Hall–Kier alpha value is -2.84. The van der Waals surface area contributed by atoms with Crippen molar-refractivity contribution in [3.05, 3.63) is 30.2 Å². The van der Waals surface area contributed by atoms with Gasteiger partial charge in [0, 0.05) is 0 Å². The first-order valence-corrected chi connectivity index (χ1v) is 4.67. The van der Waals surface area contributed by atoms with Gasteiger partial charge in [-0.25, -0.2) is 24.2 Å². The average Bonchev–Trinajstić information content (AvgIpc) is 2.87. The molecule has 0 aliphatic heterocycles. The minimum atomic E-state index is -1.21. The molecule has 0 saturated heterocycles. The first kappa shape index (κ1) is 11.6. The van der Waals surface area contributed by atoms with Gasteiger partial charge in [-0.05, 0) is 0 Å². The third-order valence-electron chi connectivity index (χ3n) is 1.94. The zero-order valence-electron chi connectivity index (χ0n) is 9.14. The fraction of sp³-hybridized carbons (Fsp3) is 0.111. The maximum Gasteiger partial charge on any atom is 0.377 e. The molecular weight excluding hydrogens is 242 g/mol. The summed E-state index contributed by atoms with van der Waals surface area (Å²) in [6, 6.07) is 0. The number of carbonyl (C=O) groups is 2. The van der Waals surface area contributed by atoms with Gasteiger partial charge in [-0.1, -0.05) is 0 Å². The van der Waals surface area contributed by atoms with Gasteiger partial charge in [-0.15, -0.1) is 5.10 Å². The van der Waals surface area contributed by atoms with Crippen molar-refractivity contribution in [1.29, 1.82) is 0 Å². The maximum absolute atomic E-state index is 11.1. The molecule has 0 atom stereocenters. The molecule has 2 aromatic heterocycles. The predicted molar refractivity (Wildman–Crippen MR) is 55.2 cm³/mol. The number of aromatic carboxylic acids is 1. The van der Waals surface area contributed by atoms with Crippen LogP contribution in [0.3, 0.4) is 0 Å². The van der Waals surface area contributed by atoms with E-state index in [1.165, 1.54) is 19.6 Å². The Kier molecular flexibility index (Phi) is 2.96. The van der Waals surface area contributed by atoms with E-state index in [0.29, 0.717) is 0 Å². The number of hydrogen-bond acceptors (Lipinski definition) is 7. The van der Waals surface area contributed by atoms with E-state index < -0.39 is 11.9 Å². The van der Waals surface area contributed by atoms with Crippen molar-refractivity contribution in [2.45, 2.75) is 0 Å². The lowest BCUT2D eigenvalue weighted by molar-refractivity contribution is 0.0586. The molecule has 0 unspecified atom stereocenters. The van der Waals surface area contributed by atoms with Crippen molar-refractivity contribution in [2.24, 2.45) is 0 Å². The summed E-state index contributed by atoms with van der Waals surface area (Å²) in [7, 11) is 1.20. The average molecular weight is 249 g/mol. The Morgan fingerprint density at radius 1 is 1.39 bits per heavy atom. The van der Waals surface area contributed by atoms with Crippen molar-refractivity contribution in [1.82, 2.24) is 24.7 Å². The molecule has 0 spiro atoms. The van der Waals surface area contributed by atoms with Gasteiger partial charge < -0.3 is 9.84 Å². The normalized spacial score (nSPS) is 10.1. The molecule has 2 heterocycles. The molecule has 92 valence electrons. The van der Waals surface area contributed by atoms with Gasteiger partial charge in [-0.2, -0.15) is 0 Å². The van der Waals surface area contributed by atoms with E-state index in [1.807, 2.05) is 0 Å². The van der Waals surface area contributed by atoms with Crippen LogP contribution in [0.5, 0.6) is 0 Å². The van der Waals surface area contributed by atoms with E-state index >= 15 is 0 Å². The highest BCUT2D eigenvalue weighted by Crippen LogP contribution is 2.03. The number of aromatic nitrogens is 5. The van der Waals surface area contributed by atoms with Crippen LogP contribution in [0.15, 0.2) is 18.7 Å². The molecule has 0 aliphatic carbocycles. The monoisotopic (exact) mass is 249 g/mol. The van der Waals surface area contributed by atoms with Crippen LogP contribution < -0.4 is 0 Å². The first-order chi connectivity index (χ1) is 8.61. The van der Waals surface area contributed by atoms with Gasteiger partial charge in [0.2, 0.25) is 0 Å². The Bertz CT molecular complexity index is 609. The summed E-state index contributed by atoms with van der Waals surface area (Å²) in [6.45, 7) is 0. The molecule has 0 saturated carbocycles. The number of methoxy groups -OCH3 is 1. The zero-order valence-corrected chi connectivity index (χ0v) is 9.14. The number of carboxylic acid groups (broad SMARTS) is 1. The van der Waals surface area contributed by atoms with Gasteiger partial charge in [0.1, 0.15) is 6.33 Å². The van der Waals surface area contributed by atoms with E-state index in [1.54, 1.807) is 0 Å². The van der Waals surface area contributed by atoms with Crippen LogP contribution in [0.2, 0.25) is 0 Å². The van der Waals surface area contributed by atoms with Gasteiger partial charge in [0.15, 0.2) is 11.5 Å². The summed E-state index contributed by atoms with van der Waals surface area (Å²) < 4.78 is 5.57. The number of rotatable bonds is 3. The molecule has 9 heteroatoms. The number of carbonyl (C=O) groups excluding carboxylic acids is 1. The number of ether oxygens (including phenoxy) is 1. The highest BCUT2D eigenvalue weighted by Gasteiger charge is 2.13. The van der Waals surface area contributed by atoms with Crippen LogP contribution >= 0.6 is 0 Å². The summed E-state index contributed by atoms with van der Waals surface area (Å²) in [5.41, 5.74) is -0.234. The highest BCUT2D eigenvalue weighted by molar-refractivity contribution is 5.85. The third-order valence-corrected chi connectivity index (χ3v) is 1.94. The van der Waals surface area contributed by atoms with Crippen molar-refractivity contribution in [3.63, 3.8) is 0 Å². The third kappa shape index (κ3) is 2.14. The molecule has 0 bridgehead atoms. The van der Waals surface area contributed by atoms with Crippen LogP contribution in [0, 0.1) is 0 Å². The van der Waals surface area contributed by atoms with Gasteiger partial charge in [0.25, 0.3) is 5.82 Å². The van der Waals surface area contributed by atoms with Crippen LogP contribution in [0.1, 0.15) is 21.1 Å². The van der Waals surface area contributed by atoms with E-state index in [2.05, 4.69) is 24.8 Å². The number of carboxylic acids is 1. The smallest absolute Gasteiger partial charge is 0.377 e. The minimum absolute atomic E-state index is 0.137. The lowest BCUT2D eigenvalue weighted by Gasteiger charge is -1.99. The molecule has 0 aliphatic rings. The standard InChI is InChI=1S/C9H7N5O4/c1-18-9(17)7-11-4-14(13-7)6-3-10-2-5(12-6)8(15)16/h2-4H,1H3,(H,15,16). The Labute approximate surface area is 100 Å². The molecular formula is C9H7N5O4. The molecule has 0 aromatic carbocycles. The molecule has 0 amide bonds. The van der Waals surface area contributed by atoms with Crippen LogP contribution in [0.25, 0.3) is 5.82 Å². The summed E-state index contributed by atoms with van der Waals surface area (Å²) in [6.07, 6.45) is 3.61. The van der Waals surface area contributed by atoms with Crippen molar-refractivity contribution in [3.8, 4) is 5.82 Å². The largest absolute Gasteiger partial charge is 0.476 e. The minimum Gasteiger partial charge on any atom is -0.476 e. The number of nitrogens with zero attached hydrogens (tertiary/aromatic N) is 5. The second-order valence-corrected chi connectivity index (χ2v) is 3.07. The molecule has 9 nitrogen and oxygen atoms in total.